The predicted molar refractivity (Wildman–Crippen MR) is 79.9 cm³/mol. The molecule has 0 radical (unpaired) electrons. The smallest absolute Gasteiger partial charge is 0.0790 e. The third-order valence-electron chi connectivity index (χ3n) is 3.16. The summed E-state index contributed by atoms with van der Waals surface area (Å²) in [7, 11) is 0. The average molecular weight is 278 g/mol. The van der Waals surface area contributed by atoms with Crippen LogP contribution in [0.2, 0.25) is 5.02 Å². The fourth-order valence-electron chi connectivity index (χ4n) is 2.12. The molecule has 0 amide bonds. The summed E-state index contributed by atoms with van der Waals surface area (Å²) in [5, 5.41) is 8.41. The van der Waals surface area contributed by atoms with Crippen molar-refractivity contribution in [2.24, 2.45) is 0 Å². The molecule has 102 valence electrons. The van der Waals surface area contributed by atoms with Crippen LogP contribution < -0.4 is 5.32 Å². The molecule has 2 rings (SSSR count). The molecule has 1 aromatic heterocycles. The molecule has 0 aliphatic rings. The maximum absolute atomic E-state index is 5.88. The Labute approximate surface area is 119 Å². The van der Waals surface area contributed by atoms with Crippen LogP contribution in [0.4, 0.5) is 0 Å². The first kappa shape index (κ1) is 14.1. The zero-order chi connectivity index (χ0) is 13.7. The molecule has 3 nitrogen and oxygen atoms in total. The lowest BCUT2D eigenvalue weighted by molar-refractivity contribution is 0.518. The Hall–Kier alpha value is -1.32. The molecule has 2 aromatic rings. The van der Waals surface area contributed by atoms with Crippen LogP contribution in [0.1, 0.15) is 38.3 Å². The molecule has 0 aliphatic carbocycles. The lowest BCUT2D eigenvalue weighted by Gasteiger charge is -2.17. The number of nitrogens with one attached hydrogen (secondary N) is 1. The first-order valence-corrected chi connectivity index (χ1v) is 7.16. The summed E-state index contributed by atoms with van der Waals surface area (Å²) in [6.45, 7) is 5.44. The van der Waals surface area contributed by atoms with E-state index in [9.17, 15) is 0 Å². The lowest BCUT2D eigenvalue weighted by atomic mass is 10.0. The van der Waals surface area contributed by atoms with Gasteiger partial charge in [0.15, 0.2) is 0 Å². The Morgan fingerprint density at radius 3 is 2.53 bits per heavy atom. The van der Waals surface area contributed by atoms with Gasteiger partial charge in [0.2, 0.25) is 0 Å². The molecule has 19 heavy (non-hydrogen) atoms. The summed E-state index contributed by atoms with van der Waals surface area (Å²) in [5.41, 5.74) is 2.35. The second-order valence-corrected chi connectivity index (χ2v) is 5.05. The monoisotopic (exact) mass is 277 g/mol. The number of rotatable bonds is 6. The summed E-state index contributed by atoms with van der Waals surface area (Å²) in [6.07, 6.45) is 5.70. The van der Waals surface area contributed by atoms with Gasteiger partial charge < -0.3 is 5.32 Å². The van der Waals surface area contributed by atoms with Gasteiger partial charge in [0.05, 0.1) is 16.9 Å². The van der Waals surface area contributed by atoms with E-state index in [0.29, 0.717) is 11.1 Å². The largest absolute Gasteiger partial charge is 0.310 e. The van der Waals surface area contributed by atoms with E-state index in [1.165, 1.54) is 5.56 Å². The van der Waals surface area contributed by atoms with Crippen molar-refractivity contribution in [2.45, 2.75) is 32.7 Å². The van der Waals surface area contributed by atoms with Crippen LogP contribution in [0.15, 0.2) is 36.7 Å². The third kappa shape index (κ3) is 3.58. The van der Waals surface area contributed by atoms with Gasteiger partial charge in [0.1, 0.15) is 0 Å². The SMILES string of the molecule is CCCNC(CC)c1ccc(-n2cc(Cl)cn2)cc1. The third-order valence-corrected chi connectivity index (χ3v) is 3.36. The van der Waals surface area contributed by atoms with Crippen molar-refractivity contribution in [1.82, 2.24) is 15.1 Å². The Balaban J connectivity index is 2.13. The van der Waals surface area contributed by atoms with Gasteiger partial charge in [-0.15, -0.1) is 0 Å². The van der Waals surface area contributed by atoms with E-state index in [1.807, 2.05) is 6.20 Å². The van der Waals surface area contributed by atoms with Crippen molar-refractivity contribution in [3.05, 3.63) is 47.2 Å². The van der Waals surface area contributed by atoms with Crippen LogP contribution in [0, 0.1) is 0 Å². The summed E-state index contributed by atoms with van der Waals surface area (Å²) in [4.78, 5) is 0. The van der Waals surface area contributed by atoms with Gasteiger partial charge in [-0.3, -0.25) is 0 Å². The van der Waals surface area contributed by atoms with Gasteiger partial charge in [-0.1, -0.05) is 37.6 Å². The lowest BCUT2D eigenvalue weighted by Crippen LogP contribution is -2.21. The van der Waals surface area contributed by atoms with E-state index in [0.717, 1.165) is 25.1 Å². The van der Waals surface area contributed by atoms with Crippen molar-refractivity contribution in [3.63, 3.8) is 0 Å². The molecule has 1 unspecified atom stereocenters. The van der Waals surface area contributed by atoms with Crippen LogP contribution in [0.3, 0.4) is 0 Å². The molecule has 0 saturated carbocycles. The number of hydrogen-bond acceptors (Lipinski definition) is 2. The molecule has 0 spiro atoms. The first-order valence-electron chi connectivity index (χ1n) is 6.78. The Bertz CT molecular complexity index is 504. The van der Waals surface area contributed by atoms with E-state index in [1.54, 1.807) is 10.9 Å². The van der Waals surface area contributed by atoms with Gasteiger partial charge in [-0.05, 0) is 37.1 Å². The minimum Gasteiger partial charge on any atom is -0.310 e. The maximum Gasteiger partial charge on any atom is 0.0790 e. The fraction of sp³-hybridized carbons (Fsp3) is 0.400. The number of halogens is 1. The number of hydrogen-bond donors (Lipinski definition) is 1. The number of aromatic nitrogens is 2. The summed E-state index contributed by atoms with van der Waals surface area (Å²) >= 11 is 5.88. The van der Waals surface area contributed by atoms with Crippen molar-refractivity contribution in [2.75, 3.05) is 6.54 Å². The topological polar surface area (TPSA) is 29.9 Å². The Morgan fingerprint density at radius 2 is 2.00 bits per heavy atom. The molecular weight excluding hydrogens is 258 g/mol. The number of benzene rings is 1. The van der Waals surface area contributed by atoms with Gasteiger partial charge in [0, 0.05) is 12.2 Å². The van der Waals surface area contributed by atoms with Crippen LogP contribution in [0.25, 0.3) is 5.69 Å². The zero-order valence-electron chi connectivity index (χ0n) is 11.4. The molecule has 1 aromatic carbocycles. The predicted octanol–water partition coefficient (Wildman–Crippen LogP) is 3.98. The van der Waals surface area contributed by atoms with Crippen molar-refractivity contribution in [3.8, 4) is 5.69 Å². The highest BCUT2D eigenvalue weighted by atomic mass is 35.5. The summed E-state index contributed by atoms with van der Waals surface area (Å²) in [5.74, 6) is 0. The van der Waals surface area contributed by atoms with E-state index in [4.69, 9.17) is 11.6 Å². The quantitative estimate of drug-likeness (QED) is 0.866. The molecule has 1 N–H and O–H groups in total. The van der Waals surface area contributed by atoms with Gasteiger partial charge in [-0.2, -0.15) is 5.10 Å². The van der Waals surface area contributed by atoms with Crippen LogP contribution >= 0.6 is 11.6 Å². The van der Waals surface area contributed by atoms with Crippen molar-refractivity contribution in [1.29, 1.82) is 0 Å². The van der Waals surface area contributed by atoms with E-state index < -0.39 is 0 Å². The van der Waals surface area contributed by atoms with Crippen LogP contribution in [0.5, 0.6) is 0 Å². The van der Waals surface area contributed by atoms with Gasteiger partial charge >= 0.3 is 0 Å². The molecule has 0 fully saturated rings. The van der Waals surface area contributed by atoms with Crippen LogP contribution in [-0.4, -0.2) is 16.3 Å². The van der Waals surface area contributed by atoms with E-state index in [-0.39, 0.29) is 0 Å². The van der Waals surface area contributed by atoms with Gasteiger partial charge in [-0.25, -0.2) is 4.68 Å². The van der Waals surface area contributed by atoms with Crippen molar-refractivity contribution < 1.29 is 0 Å². The van der Waals surface area contributed by atoms with E-state index in [2.05, 4.69) is 48.5 Å². The maximum atomic E-state index is 5.88. The highest BCUT2D eigenvalue weighted by molar-refractivity contribution is 6.30. The highest BCUT2D eigenvalue weighted by Gasteiger charge is 2.08. The molecule has 1 atom stereocenters. The van der Waals surface area contributed by atoms with Crippen LogP contribution in [-0.2, 0) is 0 Å². The highest BCUT2D eigenvalue weighted by Crippen LogP contribution is 2.19. The summed E-state index contributed by atoms with van der Waals surface area (Å²) in [6, 6.07) is 8.89. The first-order chi connectivity index (χ1) is 9.24. The molecule has 0 aliphatic heterocycles. The Morgan fingerprint density at radius 1 is 1.26 bits per heavy atom. The minimum atomic E-state index is 0.426. The Kier molecular flexibility index (Phi) is 5.00. The molecule has 0 saturated heterocycles. The molecule has 1 heterocycles. The van der Waals surface area contributed by atoms with E-state index >= 15 is 0 Å². The minimum absolute atomic E-state index is 0.426. The van der Waals surface area contributed by atoms with Gasteiger partial charge in [0.25, 0.3) is 0 Å². The molecule has 0 bridgehead atoms. The normalized spacial score (nSPS) is 12.6. The second kappa shape index (κ2) is 6.73. The number of nitrogens with zero attached hydrogens (tertiary/aromatic N) is 2. The zero-order valence-corrected chi connectivity index (χ0v) is 12.2. The average Bonchev–Trinajstić information content (AvgIpc) is 2.87. The summed E-state index contributed by atoms with van der Waals surface area (Å²) < 4.78 is 1.78. The molecular formula is C15H20ClN3. The molecule has 4 heteroatoms. The fourth-order valence-corrected chi connectivity index (χ4v) is 2.25. The van der Waals surface area contributed by atoms with Crippen molar-refractivity contribution >= 4 is 11.6 Å². The second-order valence-electron chi connectivity index (χ2n) is 4.61. The standard InChI is InChI=1S/C15H20ClN3/c1-3-9-17-15(4-2)12-5-7-14(8-6-12)19-11-13(16)10-18-19/h5-8,10-11,15,17H,3-4,9H2,1-2H3.